The first-order valence-corrected chi connectivity index (χ1v) is 11.2. The Morgan fingerprint density at radius 1 is 0.912 bits per heavy atom. The molecule has 0 saturated carbocycles. The second-order valence-electron chi connectivity index (χ2n) is 8.95. The molecular formula is C27H25F4N3. The van der Waals surface area contributed by atoms with Gasteiger partial charge in [-0.2, -0.15) is 13.2 Å². The number of hydrogen-bond acceptors (Lipinski definition) is 2. The van der Waals surface area contributed by atoms with Crippen LogP contribution in [0.15, 0.2) is 72.9 Å². The predicted octanol–water partition coefficient (Wildman–Crippen LogP) is 6.48. The standard InChI is InChI=1S/C27H25F4N3/c1-33-12-13-34(26(17-33)18-2-6-23(7-3-18)27(29,30)31)16-22-15-19(4-8-24(22)28)20-5-9-25-21(14-20)10-11-32-25/h2-11,14-15,26,32H,12-13,16-17H2,1H3. The molecule has 7 heteroatoms. The highest BCUT2D eigenvalue weighted by Gasteiger charge is 2.32. The van der Waals surface area contributed by atoms with Gasteiger partial charge in [-0.1, -0.05) is 24.3 Å². The molecule has 2 heterocycles. The fourth-order valence-corrected chi connectivity index (χ4v) is 4.68. The minimum atomic E-state index is -4.37. The first-order valence-electron chi connectivity index (χ1n) is 11.2. The summed E-state index contributed by atoms with van der Waals surface area (Å²) in [6.45, 7) is 2.55. The molecule has 1 N–H and O–H groups in total. The van der Waals surface area contributed by atoms with E-state index in [1.54, 1.807) is 18.2 Å². The summed E-state index contributed by atoms with van der Waals surface area (Å²) in [7, 11) is 1.99. The predicted molar refractivity (Wildman–Crippen MR) is 126 cm³/mol. The number of alkyl halides is 3. The highest BCUT2D eigenvalue weighted by molar-refractivity contribution is 5.85. The lowest BCUT2D eigenvalue weighted by Crippen LogP contribution is -2.46. The monoisotopic (exact) mass is 467 g/mol. The number of aromatic nitrogens is 1. The van der Waals surface area contributed by atoms with Gasteiger partial charge in [-0.05, 0) is 71.6 Å². The normalized spacial score (nSPS) is 18.0. The van der Waals surface area contributed by atoms with Crippen LogP contribution in [0, 0.1) is 5.82 Å². The molecule has 4 aromatic rings. The summed E-state index contributed by atoms with van der Waals surface area (Å²) < 4.78 is 53.9. The Kier molecular flexibility index (Phi) is 5.91. The molecule has 1 fully saturated rings. The number of nitrogens with one attached hydrogen (secondary N) is 1. The van der Waals surface area contributed by atoms with E-state index in [9.17, 15) is 17.6 Å². The first kappa shape index (κ1) is 22.6. The maximum absolute atomic E-state index is 14.9. The summed E-state index contributed by atoms with van der Waals surface area (Å²) in [5.41, 5.74) is 3.70. The van der Waals surface area contributed by atoms with Gasteiger partial charge in [0, 0.05) is 49.5 Å². The van der Waals surface area contributed by atoms with E-state index in [0.29, 0.717) is 25.2 Å². The van der Waals surface area contributed by atoms with Crippen molar-refractivity contribution in [2.24, 2.45) is 0 Å². The van der Waals surface area contributed by atoms with Crippen molar-refractivity contribution in [2.45, 2.75) is 18.8 Å². The Bertz CT molecular complexity index is 1290. The van der Waals surface area contributed by atoms with Gasteiger partial charge in [0.2, 0.25) is 0 Å². The molecular weight excluding hydrogens is 442 g/mol. The molecule has 0 radical (unpaired) electrons. The zero-order chi connectivity index (χ0) is 23.9. The maximum atomic E-state index is 14.9. The molecule has 3 nitrogen and oxygen atoms in total. The van der Waals surface area contributed by atoms with Gasteiger partial charge in [-0.25, -0.2) is 4.39 Å². The third-order valence-corrected chi connectivity index (χ3v) is 6.62. The van der Waals surface area contributed by atoms with Gasteiger partial charge < -0.3 is 9.88 Å². The molecule has 0 bridgehead atoms. The third kappa shape index (κ3) is 4.58. The van der Waals surface area contributed by atoms with Crippen molar-refractivity contribution < 1.29 is 17.6 Å². The minimum Gasteiger partial charge on any atom is -0.361 e. The number of piperazine rings is 1. The van der Waals surface area contributed by atoms with E-state index in [4.69, 9.17) is 0 Å². The molecule has 34 heavy (non-hydrogen) atoms. The van der Waals surface area contributed by atoms with E-state index in [0.717, 1.165) is 46.3 Å². The van der Waals surface area contributed by atoms with Crippen molar-refractivity contribution in [3.8, 4) is 11.1 Å². The van der Waals surface area contributed by atoms with Crippen LogP contribution < -0.4 is 0 Å². The molecule has 176 valence electrons. The number of H-pyrrole nitrogens is 1. The Balaban J connectivity index is 1.43. The summed E-state index contributed by atoms with van der Waals surface area (Å²) in [4.78, 5) is 7.48. The van der Waals surface area contributed by atoms with Crippen molar-refractivity contribution in [3.63, 3.8) is 0 Å². The van der Waals surface area contributed by atoms with Gasteiger partial charge in [0.15, 0.2) is 0 Å². The molecule has 3 aromatic carbocycles. The average Bonchev–Trinajstić information content (AvgIpc) is 3.29. The lowest BCUT2D eigenvalue weighted by atomic mass is 9.98. The van der Waals surface area contributed by atoms with Gasteiger partial charge in [-0.15, -0.1) is 0 Å². The highest BCUT2D eigenvalue weighted by Crippen LogP contribution is 2.33. The Hall–Kier alpha value is -3.16. The van der Waals surface area contributed by atoms with Crippen LogP contribution in [0.4, 0.5) is 17.6 Å². The van der Waals surface area contributed by atoms with Gasteiger partial charge in [0.05, 0.1) is 5.56 Å². The van der Waals surface area contributed by atoms with Crippen molar-refractivity contribution in [3.05, 3.63) is 95.4 Å². The number of hydrogen-bond donors (Lipinski definition) is 1. The van der Waals surface area contributed by atoms with Crippen molar-refractivity contribution in [2.75, 3.05) is 26.7 Å². The highest BCUT2D eigenvalue weighted by atomic mass is 19.4. The molecule has 0 spiro atoms. The number of aromatic amines is 1. The van der Waals surface area contributed by atoms with Crippen molar-refractivity contribution >= 4 is 10.9 Å². The zero-order valence-corrected chi connectivity index (χ0v) is 18.7. The fraction of sp³-hybridized carbons (Fsp3) is 0.259. The van der Waals surface area contributed by atoms with Crippen molar-refractivity contribution in [1.82, 2.24) is 14.8 Å². The second-order valence-corrected chi connectivity index (χ2v) is 8.95. The van der Waals surface area contributed by atoms with Crippen LogP contribution >= 0.6 is 0 Å². The molecule has 1 saturated heterocycles. The number of halogens is 4. The van der Waals surface area contributed by atoms with E-state index in [-0.39, 0.29) is 11.9 Å². The van der Waals surface area contributed by atoms with E-state index in [2.05, 4.69) is 20.9 Å². The number of fused-ring (bicyclic) bond motifs is 1. The van der Waals surface area contributed by atoms with E-state index in [1.165, 1.54) is 6.07 Å². The molecule has 1 aliphatic rings. The summed E-state index contributed by atoms with van der Waals surface area (Å²) in [5, 5.41) is 1.09. The summed E-state index contributed by atoms with van der Waals surface area (Å²) in [6.07, 6.45) is -2.48. The van der Waals surface area contributed by atoms with E-state index >= 15 is 0 Å². The van der Waals surface area contributed by atoms with Crippen LogP contribution in [0.1, 0.15) is 22.7 Å². The Morgan fingerprint density at radius 2 is 1.65 bits per heavy atom. The van der Waals surface area contributed by atoms with Crippen LogP contribution in [-0.4, -0.2) is 41.5 Å². The van der Waals surface area contributed by atoms with Gasteiger partial charge >= 0.3 is 6.18 Å². The number of likely N-dealkylation sites (N-methyl/N-ethyl adjacent to an activating group) is 1. The summed E-state index contributed by atoms with van der Waals surface area (Å²) >= 11 is 0. The summed E-state index contributed by atoms with van der Waals surface area (Å²) in [5.74, 6) is -0.281. The second kappa shape index (κ2) is 8.89. The largest absolute Gasteiger partial charge is 0.416 e. The Labute approximate surface area is 195 Å². The van der Waals surface area contributed by atoms with Crippen LogP contribution in [0.2, 0.25) is 0 Å². The number of benzene rings is 3. The zero-order valence-electron chi connectivity index (χ0n) is 18.7. The molecule has 1 aromatic heterocycles. The smallest absolute Gasteiger partial charge is 0.361 e. The SMILES string of the molecule is CN1CCN(Cc2cc(-c3ccc4[nH]ccc4c3)ccc2F)C(c2ccc(C(F)(F)F)cc2)C1. The van der Waals surface area contributed by atoms with Gasteiger partial charge in [0.25, 0.3) is 0 Å². The first-order chi connectivity index (χ1) is 16.3. The number of rotatable bonds is 4. The van der Waals surface area contributed by atoms with Crippen molar-refractivity contribution in [1.29, 1.82) is 0 Å². The maximum Gasteiger partial charge on any atom is 0.416 e. The summed E-state index contributed by atoms with van der Waals surface area (Å²) in [6, 6.07) is 18.5. The van der Waals surface area contributed by atoms with E-state index in [1.807, 2.05) is 37.5 Å². The average molecular weight is 468 g/mol. The molecule has 1 atom stereocenters. The third-order valence-electron chi connectivity index (χ3n) is 6.62. The van der Waals surface area contributed by atoms with E-state index < -0.39 is 11.7 Å². The molecule has 5 rings (SSSR count). The molecule has 1 unspecified atom stereocenters. The van der Waals surface area contributed by atoms with Crippen LogP contribution in [0.25, 0.3) is 22.0 Å². The van der Waals surface area contributed by atoms with Gasteiger partial charge in [-0.3, -0.25) is 4.90 Å². The lowest BCUT2D eigenvalue weighted by molar-refractivity contribution is -0.137. The fourth-order valence-electron chi connectivity index (χ4n) is 4.68. The minimum absolute atomic E-state index is 0.125. The quantitative estimate of drug-likeness (QED) is 0.347. The molecule has 0 aliphatic carbocycles. The topological polar surface area (TPSA) is 22.3 Å². The number of nitrogens with zero attached hydrogens (tertiary/aromatic N) is 2. The lowest BCUT2D eigenvalue weighted by Gasteiger charge is -2.40. The van der Waals surface area contributed by atoms with Gasteiger partial charge in [0.1, 0.15) is 5.82 Å². The molecule has 0 amide bonds. The van der Waals surface area contributed by atoms with Crippen LogP contribution in [0.5, 0.6) is 0 Å². The van der Waals surface area contributed by atoms with Crippen LogP contribution in [0.3, 0.4) is 0 Å². The molecule has 1 aliphatic heterocycles. The van der Waals surface area contributed by atoms with Crippen LogP contribution in [-0.2, 0) is 12.7 Å². The Morgan fingerprint density at radius 3 is 2.41 bits per heavy atom.